The topological polar surface area (TPSA) is 52.6 Å². The Labute approximate surface area is 95.1 Å². The highest BCUT2D eigenvalue weighted by Crippen LogP contribution is 2.29. The lowest BCUT2D eigenvalue weighted by molar-refractivity contribution is 0.354. The van der Waals surface area contributed by atoms with Gasteiger partial charge in [-0.2, -0.15) is 0 Å². The predicted octanol–water partition coefficient (Wildman–Crippen LogP) is 1.11. The monoisotopic (exact) mass is 240 g/mol. The van der Waals surface area contributed by atoms with E-state index in [-0.39, 0.29) is 10.6 Å². The number of ether oxygens (including phenoxy) is 2. The Morgan fingerprint density at radius 3 is 2.38 bits per heavy atom. The molecule has 0 saturated carbocycles. The number of hydrogen-bond donors (Lipinski definition) is 0. The maximum atomic E-state index is 11.7. The van der Waals surface area contributed by atoms with Gasteiger partial charge in [0.25, 0.3) is 0 Å². The van der Waals surface area contributed by atoms with E-state index >= 15 is 0 Å². The summed E-state index contributed by atoms with van der Waals surface area (Å²) in [6, 6.07) is 4.36. The lowest BCUT2D eigenvalue weighted by Gasteiger charge is -2.08. The number of sulfone groups is 1. The predicted molar refractivity (Wildman–Crippen MR) is 60.4 cm³/mol. The third-order valence-corrected chi connectivity index (χ3v) is 3.51. The van der Waals surface area contributed by atoms with Crippen molar-refractivity contribution in [3.8, 4) is 23.8 Å². The van der Waals surface area contributed by atoms with Crippen LogP contribution in [0.25, 0.3) is 0 Å². The molecule has 0 unspecified atom stereocenters. The second-order valence-corrected chi connectivity index (χ2v) is 4.97. The summed E-state index contributed by atoms with van der Waals surface area (Å²) in [5.41, 5.74) is 0. The van der Waals surface area contributed by atoms with Gasteiger partial charge in [0.1, 0.15) is 5.75 Å². The molecule has 0 atom stereocenters. The van der Waals surface area contributed by atoms with Crippen LogP contribution < -0.4 is 9.47 Å². The van der Waals surface area contributed by atoms with Gasteiger partial charge in [-0.3, -0.25) is 0 Å². The lowest BCUT2D eigenvalue weighted by Crippen LogP contribution is -2.05. The molecule has 1 rings (SSSR count). The molecule has 0 heterocycles. The van der Waals surface area contributed by atoms with Gasteiger partial charge < -0.3 is 9.47 Å². The fourth-order valence-electron chi connectivity index (χ4n) is 1.20. The molecular weight excluding hydrogens is 228 g/mol. The fraction of sp³-hybridized carbons (Fsp3) is 0.273. The lowest BCUT2D eigenvalue weighted by atomic mass is 10.3. The van der Waals surface area contributed by atoms with Crippen molar-refractivity contribution in [3.63, 3.8) is 0 Å². The molecule has 86 valence electrons. The van der Waals surface area contributed by atoms with Gasteiger partial charge in [-0.1, -0.05) is 5.92 Å². The van der Waals surface area contributed by atoms with Crippen LogP contribution in [0.3, 0.4) is 0 Å². The van der Waals surface area contributed by atoms with E-state index in [0.717, 1.165) is 0 Å². The number of methoxy groups -OCH3 is 2. The Kier molecular flexibility index (Phi) is 3.80. The van der Waals surface area contributed by atoms with Crippen molar-refractivity contribution >= 4 is 9.84 Å². The number of benzene rings is 1. The SMILES string of the molecule is C#CCS(=O)(=O)c1ccc(OC)c(OC)c1. The zero-order valence-electron chi connectivity index (χ0n) is 9.06. The first-order chi connectivity index (χ1) is 7.55. The van der Waals surface area contributed by atoms with Crippen molar-refractivity contribution in [1.82, 2.24) is 0 Å². The zero-order valence-corrected chi connectivity index (χ0v) is 9.87. The van der Waals surface area contributed by atoms with Gasteiger partial charge in [0.15, 0.2) is 21.3 Å². The van der Waals surface area contributed by atoms with Crippen LogP contribution in [-0.4, -0.2) is 28.4 Å². The van der Waals surface area contributed by atoms with Crippen molar-refractivity contribution in [3.05, 3.63) is 18.2 Å². The van der Waals surface area contributed by atoms with Crippen molar-refractivity contribution in [2.24, 2.45) is 0 Å². The number of hydrogen-bond acceptors (Lipinski definition) is 4. The second-order valence-electron chi connectivity index (χ2n) is 2.98. The van der Waals surface area contributed by atoms with Gasteiger partial charge in [-0.15, -0.1) is 6.42 Å². The molecular formula is C11H12O4S. The minimum atomic E-state index is -3.44. The van der Waals surface area contributed by atoms with Crippen molar-refractivity contribution < 1.29 is 17.9 Å². The molecule has 0 amide bonds. The third kappa shape index (κ3) is 2.47. The molecule has 16 heavy (non-hydrogen) atoms. The summed E-state index contributed by atoms with van der Waals surface area (Å²) in [5.74, 6) is 2.62. The summed E-state index contributed by atoms with van der Waals surface area (Å²) in [5, 5.41) is 0. The van der Waals surface area contributed by atoms with Gasteiger partial charge >= 0.3 is 0 Å². The molecule has 0 spiro atoms. The molecule has 0 aliphatic rings. The average Bonchev–Trinajstić information content (AvgIpc) is 2.28. The van der Waals surface area contributed by atoms with Crippen LogP contribution in [0.2, 0.25) is 0 Å². The minimum absolute atomic E-state index is 0.128. The van der Waals surface area contributed by atoms with E-state index < -0.39 is 9.84 Å². The van der Waals surface area contributed by atoms with Gasteiger partial charge in [-0.25, -0.2) is 8.42 Å². The minimum Gasteiger partial charge on any atom is -0.493 e. The largest absolute Gasteiger partial charge is 0.493 e. The standard InChI is InChI=1S/C11H12O4S/c1-4-7-16(12,13)9-5-6-10(14-2)11(8-9)15-3/h1,5-6,8H,7H2,2-3H3. The van der Waals surface area contributed by atoms with Crippen LogP contribution in [0.5, 0.6) is 11.5 Å². The van der Waals surface area contributed by atoms with E-state index in [1.165, 1.54) is 32.4 Å². The van der Waals surface area contributed by atoms with Crippen LogP contribution in [0, 0.1) is 12.3 Å². The van der Waals surface area contributed by atoms with E-state index in [9.17, 15) is 8.42 Å². The van der Waals surface area contributed by atoms with Gasteiger partial charge in [-0.05, 0) is 12.1 Å². The maximum Gasteiger partial charge on any atom is 0.189 e. The van der Waals surface area contributed by atoms with Crippen molar-refractivity contribution in [2.75, 3.05) is 20.0 Å². The van der Waals surface area contributed by atoms with E-state index in [1.54, 1.807) is 0 Å². The van der Waals surface area contributed by atoms with E-state index in [0.29, 0.717) is 11.5 Å². The summed E-state index contributed by atoms with van der Waals surface area (Å²) in [6.07, 6.45) is 4.99. The summed E-state index contributed by atoms with van der Waals surface area (Å²) in [7, 11) is -0.520. The first-order valence-electron chi connectivity index (χ1n) is 4.43. The maximum absolute atomic E-state index is 11.7. The van der Waals surface area contributed by atoms with Crippen LogP contribution >= 0.6 is 0 Å². The van der Waals surface area contributed by atoms with Gasteiger partial charge in [0.05, 0.1) is 19.1 Å². The molecule has 4 nitrogen and oxygen atoms in total. The Morgan fingerprint density at radius 2 is 1.88 bits per heavy atom. The third-order valence-electron chi connectivity index (χ3n) is 1.99. The number of terminal acetylenes is 1. The summed E-state index contributed by atoms with van der Waals surface area (Å²) < 4.78 is 33.3. The highest BCUT2D eigenvalue weighted by molar-refractivity contribution is 7.91. The Balaban J connectivity index is 3.24. The molecule has 0 bridgehead atoms. The van der Waals surface area contributed by atoms with Crippen LogP contribution in [0.4, 0.5) is 0 Å². The summed E-state index contributed by atoms with van der Waals surface area (Å²) in [4.78, 5) is 0.128. The normalized spacial score (nSPS) is 10.6. The molecule has 0 N–H and O–H groups in total. The quantitative estimate of drug-likeness (QED) is 0.740. The molecule has 0 radical (unpaired) electrons. The Hall–Kier alpha value is -1.67. The van der Waals surface area contributed by atoms with Crippen LogP contribution in [0.15, 0.2) is 23.1 Å². The number of rotatable bonds is 4. The highest BCUT2D eigenvalue weighted by atomic mass is 32.2. The highest BCUT2D eigenvalue weighted by Gasteiger charge is 2.15. The molecule has 1 aromatic rings. The van der Waals surface area contributed by atoms with Gasteiger partial charge in [0.2, 0.25) is 0 Å². The Bertz CT molecular complexity index is 511. The molecule has 1 aromatic carbocycles. The fourth-order valence-corrected chi connectivity index (χ4v) is 2.15. The molecule has 0 aliphatic carbocycles. The van der Waals surface area contributed by atoms with E-state index in [4.69, 9.17) is 15.9 Å². The molecule has 0 aromatic heterocycles. The first kappa shape index (κ1) is 12.4. The average molecular weight is 240 g/mol. The first-order valence-corrected chi connectivity index (χ1v) is 6.08. The molecule has 0 aliphatic heterocycles. The van der Waals surface area contributed by atoms with Crippen LogP contribution in [0.1, 0.15) is 0 Å². The summed E-state index contributed by atoms with van der Waals surface area (Å²) >= 11 is 0. The van der Waals surface area contributed by atoms with Gasteiger partial charge in [0, 0.05) is 6.07 Å². The molecule has 5 heteroatoms. The van der Waals surface area contributed by atoms with Crippen molar-refractivity contribution in [2.45, 2.75) is 4.90 Å². The summed E-state index contributed by atoms with van der Waals surface area (Å²) in [6.45, 7) is 0. The van der Waals surface area contributed by atoms with E-state index in [2.05, 4.69) is 5.92 Å². The Morgan fingerprint density at radius 1 is 1.25 bits per heavy atom. The molecule has 0 saturated heterocycles. The smallest absolute Gasteiger partial charge is 0.189 e. The zero-order chi connectivity index (χ0) is 12.2. The van der Waals surface area contributed by atoms with E-state index in [1.807, 2.05) is 0 Å². The second kappa shape index (κ2) is 4.90. The molecule has 0 fully saturated rings. The van der Waals surface area contributed by atoms with Crippen LogP contribution in [-0.2, 0) is 9.84 Å². The van der Waals surface area contributed by atoms with Crippen molar-refractivity contribution in [1.29, 1.82) is 0 Å².